The van der Waals surface area contributed by atoms with Crippen molar-refractivity contribution in [3.63, 3.8) is 0 Å². The maximum atomic E-state index is 13.1. The molecule has 1 N–H and O–H groups in total. The molecule has 2 heterocycles. The molecule has 1 saturated carbocycles. The van der Waals surface area contributed by atoms with E-state index in [0.29, 0.717) is 11.7 Å². The Kier molecular flexibility index (Phi) is 5.64. The van der Waals surface area contributed by atoms with Gasteiger partial charge in [-0.15, -0.1) is 0 Å². The van der Waals surface area contributed by atoms with Gasteiger partial charge in [0.05, 0.1) is 5.69 Å². The first kappa shape index (κ1) is 20.6. The second kappa shape index (κ2) is 8.22. The Morgan fingerprint density at radius 2 is 1.80 bits per heavy atom. The van der Waals surface area contributed by atoms with Crippen molar-refractivity contribution in [1.29, 1.82) is 0 Å². The molecule has 4 amide bonds. The molecule has 0 spiro atoms. The average molecular weight is 470 g/mol. The predicted molar refractivity (Wildman–Crippen MR) is 119 cm³/mol. The highest BCUT2D eigenvalue weighted by atomic mass is 79.9. The third-order valence-electron chi connectivity index (χ3n) is 5.93. The molecule has 1 aliphatic heterocycles. The van der Waals surface area contributed by atoms with E-state index in [1.54, 1.807) is 30.3 Å². The zero-order valence-corrected chi connectivity index (χ0v) is 18.7. The Hall–Kier alpha value is -2.67. The van der Waals surface area contributed by atoms with Gasteiger partial charge in [0.15, 0.2) is 0 Å². The van der Waals surface area contributed by atoms with Crippen molar-refractivity contribution >= 4 is 45.5 Å². The van der Waals surface area contributed by atoms with Crippen LogP contribution in [0.2, 0.25) is 0 Å². The van der Waals surface area contributed by atoms with Crippen molar-refractivity contribution in [1.82, 2.24) is 9.88 Å². The van der Waals surface area contributed by atoms with E-state index in [4.69, 9.17) is 0 Å². The molecule has 4 rings (SSSR count). The van der Waals surface area contributed by atoms with E-state index in [0.717, 1.165) is 39.2 Å². The van der Waals surface area contributed by atoms with E-state index in [-0.39, 0.29) is 5.57 Å². The summed E-state index contributed by atoms with van der Waals surface area (Å²) >= 11 is 3.35. The van der Waals surface area contributed by atoms with Gasteiger partial charge < -0.3 is 4.57 Å². The normalized spacial score (nSPS) is 19.5. The number of rotatable bonds is 3. The van der Waals surface area contributed by atoms with Crippen LogP contribution in [0.1, 0.15) is 55.1 Å². The minimum absolute atomic E-state index is 0.0431. The number of aromatic nitrogens is 1. The van der Waals surface area contributed by atoms with Crippen LogP contribution in [0.15, 0.2) is 40.4 Å². The summed E-state index contributed by atoms with van der Waals surface area (Å²) in [5.74, 6) is -1.29. The Bertz CT molecular complexity index is 1060. The van der Waals surface area contributed by atoms with Crippen molar-refractivity contribution in [2.75, 3.05) is 4.90 Å². The number of halogens is 1. The van der Waals surface area contributed by atoms with E-state index in [2.05, 4.69) is 32.7 Å². The van der Waals surface area contributed by atoms with E-state index >= 15 is 0 Å². The zero-order valence-electron chi connectivity index (χ0n) is 17.1. The minimum Gasteiger partial charge on any atom is -0.346 e. The highest BCUT2D eigenvalue weighted by Crippen LogP contribution is 2.33. The van der Waals surface area contributed by atoms with E-state index in [1.165, 1.54) is 19.3 Å². The standard InChI is InChI=1S/C23H24BrN3O3/c1-14-11-16(15(2)26(14)18-8-4-3-5-9-18)12-20-21(28)25-23(30)27(22(20)29)19-10-6-7-17(24)13-19/h6-7,10-13,18H,3-5,8-9H2,1-2H3,(H,25,28,30)/b20-12+. The van der Waals surface area contributed by atoms with Gasteiger partial charge in [0.1, 0.15) is 5.57 Å². The van der Waals surface area contributed by atoms with Gasteiger partial charge >= 0.3 is 6.03 Å². The van der Waals surface area contributed by atoms with Crippen LogP contribution in [-0.2, 0) is 9.59 Å². The molecule has 2 aliphatic rings. The van der Waals surface area contributed by atoms with Gasteiger partial charge in [-0.05, 0) is 62.6 Å². The smallest absolute Gasteiger partial charge is 0.335 e. The number of nitrogens with one attached hydrogen (secondary N) is 1. The summed E-state index contributed by atoms with van der Waals surface area (Å²) < 4.78 is 3.06. The lowest BCUT2D eigenvalue weighted by molar-refractivity contribution is -0.122. The monoisotopic (exact) mass is 469 g/mol. The molecule has 156 valence electrons. The molecular formula is C23H24BrN3O3. The third-order valence-corrected chi connectivity index (χ3v) is 6.42. The maximum absolute atomic E-state index is 13.1. The van der Waals surface area contributed by atoms with Crippen LogP contribution in [0.3, 0.4) is 0 Å². The zero-order chi connectivity index (χ0) is 21.4. The SMILES string of the molecule is Cc1cc(/C=C2\C(=O)NC(=O)N(c3cccc(Br)c3)C2=O)c(C)n1C1CCCCC1. The first-order chi connectivity index (χ1) is 14.4. The van der Waals surface area contributed by atoms with Gasteiger partial charge in [-0.25, -0.2) is 9.69 Å². The summed E-state index contributed by atoms with van der Waals surface area (Å²) in [6.07, 6.45) is 7.64. The molecule has 1 saturated heterocycles. The van der Waals surface area contributed by atoms with E-state index in [1.807, 2.05) is 13.0 Å². The number of barbiturate groups is 1. The van der Waals surface area contributed by atoms with Gasteiger partial charge in [-0.1, -0.05) is 41.3 Å². The Labute approximate surface area is 184 Å². The lowest BCUT2D eigenvalue weighted by Crippen LogP contribution is -2.54. The van der Waals surface area contributed by atoms with Gasteiger partial charge in [-0.2, -0.15) is 0 Å². The molecule has 30 heavy (non-hydrogen) atoms. The molecule has 0 atom stereocenters. The topological polar surface area (TPSA) is 71.4 Å². The number of aryl methyl sites for hydroxylation is 1. The summed E-state index contributed by atoms with van der Waals surface area (Å²) in [6.45, 7) is 4.08. The predicted octanol–water partition coefficient (Wildman–Crippen LogP) is 5.04. The summed E-state index contributed by atoms with van der Waals surface area (Å²) in [7, 11) is 0. The van der Waals surface area contributed by atoms with E-state index in [9.17, 15) is 14.4 Å². The maximum Gasteiger partial charge on any atom is 0.335 e. The highest BCUT2D eigenvalue weighted by Gasteiger charge is 2.37. The summed E-state index contributed by atoms with van der Waals surface area (Å²) in [4.78, 5) is 39.0. The minimum atomic E-state index is -0.743. The highest BCUT2D eigenvalue weighted by molar-refractivity contribution is 9.10. The van der Waals surface area contributed by atoms with Gasteiger partial charge in [0, 0.05) is 21.9 Å². The van der Waals surface area contributed by atoms with Crippen molar-refractivity contribution < 1.29 is 14.4 Å². The van der Waals surface area contributed by atoms with Crippen LogP contribution in [-0.4, -0.2) is 22.4 Å². The van der Waals surface area contributed by atoms with Crippen molar-refractivity contribution in [3.05, 3.63) is 57.3 Å². The van der Waals surface area contributed by atoms with Crippen LogP contribution in [0.4, 0.5) is 10.5 Å². The molecule has 0 radical (unpaired) electrons. The number of imide groups is 2. The fourth-order valence-electron chi connectivity index (χ4n) is 4.51. The number of benzene rings is 1. The van der Waals surface area contributed by atoms with Crippen LogP contribution >= 0.6 is 15.9 Å². The lowest BCUT2D eigenvalue weighted by atomic mass is 9.95. The first-order valence-corrected chi connectivity index (χ1v) is 11.0. The van der Waals surface area contributed by atoms with Crippen LogP contribution in [0, 0.1) is 13.8 Å². The molecule has 0 unspecified atom stereocenters. The molecule has 6 nitrogen and oxygen atoms in total. The number of urea groups is 1. The summed E-state index contributed by atoms with van der Waals surface area (Å²) in [6, 6.07) is 8.59. The van der Waals surface area contributed by atoms with Crippen molar-refractivity contribution in [2.45, 2.75) is 52.0 Å². The molecule has 2 aromatic rings. The number of anilines is 1. The van der Waals surface area contributed by atoms with Crippen molar-refractivity contribution in [3.8, 4) is 0 Å². The average Bonchev–Trinajstić information content (AvgIpc) is 2.99. The molecule has 1 aliphatic carbocycles. The van der Waals surface area contributed by atoms with Crippen LogP contribution in [0.25, 0.3) is 6.08 Å². The Morgan fingerprint density at radius 3 is 2.50 bits per heavy atom. The Balaban J connectivity index is 1.71. The number of hydrogen-bond acceptors (Lipinski definition) is 3. The van der Waals surface area contributed by atoms with Gasteiger partial charge in [0.2, 0.25) is 0 Å². The van der Waals surface area contributed by atoms with Gasteiger partial charge in [0.25, 0.3) is 11.8 Å². The van der Waals surface area contributed by atoms with Crippen LogP contribution in [0.5, 0.6) is 0 Å². The van der Waals surface area contributed by atoms with Crippen LogP contribution < -0.4 is 10.2 Å². The largest absolute Gasteiger partial charge is 0.346 e. The van der Waals surface area contributed by atoms with E-state index < -0.39 is 17.8 Å². The summed E-state index contributed by atoms with van der Waals surface area (Å²) in [5.41, 5.74) is 3.35. The number of carbonyl (C=O) groups is 3. The molecule has 1 aromatic heterocycles. The Morgan fingerprint density at radius 1 is 1.07 bits per heavy atom. The molecular weight excluding hydrogens is 446 g/mol. The number of nitrogens with zero attached hydrogens (tertiary/aromatic N) is 2. The van der Waals surface area contributed by atoms with Gasteiger partial charge in [-0.3, -0.25) is 14.9 Å². The molecule has 2 fully saturated rings. The molecule has 1 aromatic carbocycles. The summed E-state index contributed by atoms with van der Waals surface area (Å²) in [5, 5.41) is 2.29. The quantitative estimate of drug-likeness (QED) is 0.505. The van der Waals surface area contributed by atoms with Crippen molar-refractivity contribution in [2.24, 2.45) is 0 Å². The lowest BCUT2D eigenvalue weighted by Gasteiger charge is -2.27. The number of amides is 4. The molecule has 7 heteroatoms. The number of carbonyl (C=O) groups excluding carboxylic acids is 3. The third kappa shape index (κ3) is 3.74. The fraction of sp³-hybridized carbons (Fsp3) is 0.348. The fourth-order valence-corrected chi connectivity index (χ4v) is 4.90. The molecule has 0 bridgehead atoms. The first-order valence-electron chi connectivity index (χ1n) is 10.2. The second-order valence-electron chi connectivity index (χ2n) is 7.93. The second-order valence-corrected chi connectivity index (χ2v) is 8.84. The number of hydrogen-bond donors (Lipinski definition) is 1.